The molecule has 0 unspecified atom stereocenters. The molecule has 0 aliphatic carbocycles. The van der Waals surface area contributed by atoms with Crippen LogP contribution in [0.15, 0.2) is 34.9 Å². The summed E-state index contributed by atoms with van der Waals surface area (Å²) in [7, 11) is 0. The third kappa shape index (κ3) is 3.05. The largest absolute Gasteiger partial charge is 0.361 e. The summed E-state index contributed by atoms with van der Waals surface area (Å²) in [6, 6.07) is 10.4. The van der Waals surface area contributed by atoms with Gasteiger partial charge in [-0.1, -0.05) is 35.5 Å². The molecule has 1 aromatic carbocycles. The molecular formula is C21H29N3O2. The van der Waals surface area contributed by atoms with Gasteiger partial charge in [0.2, 0.25) is 5.91 Å². The molecule has 26 heavy (non-hydrogen) atoms. The van der Waals surface area contributed by atoms with E-state index in [1.165, 1.54) is 5.56 Å². The Kier molecular flexibility index (Phi) is 4.93. The van der Waals surface area contributed by atoms with Gasteiger partial charge < -0.3 is 15.2 Å². The summed E-state index contributed by atoms with van der Waals surface area (Å²) in [6.07, 6.45) is 1.77. The van der Waals surface area contributed by atoms with Crippen LogP contribution in [0.2, 0.25) is 0 Å². The summed E-state index contributed by atoms with van der Waals surface area (Å²) in [4.78, 5) is 15.3. The Labute approximate surface area is 155 Å². The molecule has 1 aliphatic heterocycles. The molecule has 2 N–H and O–H groups in total. The Morgan fingerprint density at radius 1 is 1.23 bits per heavy atom. The fourth-order valence-corrected chi connectivity index (χ4v) is 4.42. The molecule has 0 saturated carbocycles. The van der Waals surface area contributed by atoms with Crippen molar-refractivity contribution in [1.29, 1.82) is 0 Å². The zero-order valence-electron chi connectivity index (χ0n) is 16.2. The lowest BCUT2D eigenvalue weighted by Crippen LogP contribution is -2.52. The molecule has 1 aromatic heterocycles. The van der Waals surface area contributed by atoms with E-state index in [9.17, 15) is 4.79 Å². The van der Waals surface area contributed by atoms with Crippen molar-refractivity contribution in [2.24, 2.45) is 5.73 Å². The summed E-state index contributed by atoms with van der Waals surface area (Å²) in [5.74, 6) is 0.851. The lowest BCUT2D eigenvalue weighted by molar-refractivity contribution is -0.138. The molecule has 1 aliphatic rings. The van der Waals surface area contributed by atoms with Gasteiger partial charge in [-0.05, 0) is 46.1 Å². The van der Waals surface area contributed by atoms with Gasteiger partial charge in [-0.25, -0.2) is 0 Å². The summed E-state index contributed by atoms with van der Waals surface area (Å²) < 4.78 is 5.29. The van der Waals surface area contributed by atoms with Gasteiger partial charge in [0.1, 0.15) is 5.76 Å². The first kappa shape index (κ1) is 18.6. The van der Waals surface area contributed by atoms with E-state index < -0.39 is 5.41 Å². The second kappa shape index (κ2) is 6.88. The Balaban J connectivity index is 1.78. The minimum atomic E-state index is -0.649. The molecule has 3 rings (SSSR count). The van der Waals surface area contributed by atoms with Crippen molar-refractivity contribution in [2.75, 3.05) is 19.6 Å². The van der Waals surface area contributed by atoms with E-state index in [4.69, 9.17) is 10.3 Å². The summed E-state index contributed by atoms with van der Waals surface area (Å²) in [6.45, 7) is 9.73. The van der Waals surface area contributed by atoms with Crippen LogP contribution < -0.4 is 5.73 Å². The van der Waals surface area contributed by atoms with Crippen molar-refractivity contribution >= 4 is 5.91 Å². The second-order valence-electron chi connectivity index (χ2n) is 7.97. The third-order valence-electron chi connectivity index (χ3n) is 5.98. The number of hydrogen-bond donors (Lipinski definition) is 1. The van der Waals surface area contributed by atoms with Crippen molar-refractivity contribution in [3.05, 3.63) is 52.9 Å². The van der Waals surface area contributed by atoms with E-state index in [0.29, 0.717) is 6.54 Å². The lowest BCUT2D eigenvalue weighted by Gasteiger charge is -2.43. The van der Waals surface area contributed by atoms with E-state index >= 15 is 0 Å². The van der Waals surface area contributed by atoms with Crippen molar-refractivity contribution in [3.8, 4) is 0 Å². The minimum Gasteiger partial charge on any atom is -0.361 e. The number of likely N-dealkylation sites (tertiary alicyclic amines) is 1. The number of carbonyl (C=O) groups is 1. The van der Waals surface area contributed by atoms with Crippen molar-refractivity contribution < 1.29 is 9.32 Å². The van der Waals surface area contributed by atoms with Gasteiger partial charge in [0.05, 0.1) is 11.1 Å². The molecule has 0 radical (unpaired) electrons. The minimum absolute atomic E-state index is 0.0365. The highest BCUT2D eigenvalue weighted by Crippen LogP contribution is 2.37. The first-order valence-corrected chi connectivity index (χ1v) is 9.30. The smallest absolute Gasteiger partial charge is 0.232 e. The van der Waals surface area contributed by atoms with Crippen LogP contribution in [-0.2, 0) is 15.6 Å². The standard InChI is InChI=1S/C21H29N3O2/c1-15-18(16(2)26-23-15)20(3,4)19(25)24-12-10-21(14-22,11-13-24)17-8-6-5-7-9-17/h5-9H,10-14,22H2,1-4H3. The van der Waals surface area contributed by atoms with Crippen LogP contribution >= 0.6 is 0 Å². The topological polar surface area (TPSA) is 72.4 Å². The van der Waals surface area contributed by atoms with Crippen molar-refractivity contribution in [1.82, 2.24) is 10.1 Å². The quantitative estimate of drug-likeness (QED) is 0.915. The highest BCUT2D eigenvalue weighted by molar-refractivity contribution is 5.88. The number of rotatable bonds is 4. The van der Waals surface area contributed by atoms with E-state index in [1.807, 2.05) is 38.7 Å². The van der Waals surface area contributed by atoms with E-state index in [2.05, 4.69) is 29.4 Å². The number of benzene rings is 1. The van der Waals surface area contributed by atoms with Crippen LogP contribution in [0, 0.1) is 13.8 Å². The molecule has 0 spiro atoms. The summed E-state index contributed by atoms with van der Waals surface area (Å²) >= 11 is 0. The molecule has 0 atom stereocenters. The molecule has 2 heterocycles. The number of aryl methyl sites for hydroxylation is 2. The lowest BCUT2D eigenvalue weighted by atomic mass is 9.72. The van der Waals surface area contributed by atoms with Crippen molar-refractivity contribution in [3.63, 3.8) is 0 Å². The van der Waals surface area contributed by atoms with Crippen LogP contribution in [-0.4, -0.2) is 35.6 Å². The average molecular weight is 355 g/mol. The zero-order valence-corrected chi connectivity index (χ0v) is 16.2. The second-order valence-corrected chi connectivity index (χ2v) is 7.97. The number of piperidine rings is 1. The number of nitrogens with zero attached hydrogens (tertiary/aromatic N) is 2. The number of nitrogens with two attached hydrogens (primary N) is 1. The number of amides is 1. The Morgan fingerprint density at radius 3 is 2.35 bits per heavy atom. The maximum Gasteiger partial charge on any atom is 0.232 e. The number of aromatic nitrogens is 1. The molecule has 0 bridgehead atoms. The van der Waals surface area contributed by atoms with Crippen LogP contribution in [0.1, 0.15) is 49.3 Å². The maximum absolute atomic E-state index is 13.3. The van der Waals surface area contributed by atoms with Gasteiger partial charge >= 0.3 is 0 Å². The first-order chi connectivity index (χ1) is 12.3. The summed E-state index contributed by atoms with van der Waals surface area (Å²) in [5.41, 5.74) is 8.46. The maximum atomic E-state index is 13.3. The fraction of sp³-hybridized carbons (Fsp3) is 0.524. The summed E-state index contributed by atoms with van der Waals surface area (Å²) in [5, 5.41) is 4.02. The van der Waals surface area contributed by atoms with Gasteiger partial charge in [-0.2, -0.15) is 0 Å². The van der Waals surface area contributed by atoms with Gasteiger partial charge in [0.25, 0.3) is 0 Å². The highest BCUT2D eigenvalue weighted by atomic mass is 16.5. The SMILES string of the molecule is Cc1noc(C)c1C(C)(C)C(=O)N1CCC(CN)(c2ccccc2)CC1. The monoisotopic (exact) mass is 355 g/mol. The molecule has 1 fully saturated rings. The Bertz CT molecular complexity index is 752. The van der Waals surface area contributed by atoms with Crippen LogP contribution in [0.25, 0.3) is 0 Å². The first-order valence-electron chi connectivity index (χ1n) is 9.30. The molecule has 1 saturated heterocycles. The van der Waals surface area contributed by atoms with Crippen LogP contribution in [0.3, 0.4) is 0 Å². The average Bonchev–Trinajstić information content (AvgIpc) is 3.01. The van der Waals surface area contributed by atoms with E-state index in [1.54, 1.807) is 0 Å². The Hall–Kier alpha value is -2.14. The van der Waals surface area contributed by atoms with E-state index in [0.717, 1.165) is 42.9 Å². The van der Waals surface area contributed by atoms with Crippen LogP contribution in [0.4, 0.5) is 0 Å². The van der Waals surface area contributed by atoms with E-state index in [-0.39, 0.29) is 11.3 Å². The predicted octanol–water partition coefficient (Wildman–Crippen LogP) is 3.09. The molecule has 2 aromatic rings. The molecule has 5 nitrogen and oxygen atoms in total. The van der Waals surface area contributed by atoms with Gasteiger partial charge in [-0.3, -0.25) is 4.79 Å². The Morgan fingerprint density at radius 2 is 1.85 bits per heavy atom. The predicted molar refractivity (Wildman–Crippen MR) is 102 cm³/mol. The van der Waals surface area contributed by atoms with Gasteiger partial charge in [-0.15, -0.1) is 0 Å². The molecule has 1 amide bonds. The van der Waals surface area contributed by atoms with Gasteiger partial charge in [0.15, 0.2) is 0 Å². The molecular weight excluding hydrogens is 326 g/mol. The van der Waals surface area contributed by atoms with Gasteiger partial charge in [0, 0.05) is 30.6 Å². The number of hydrogen-bond acceptors (Lipinski definition) is 4. The number of carbonyl (C=O) groups excluding carboxylic acids is 1. The van der Waals surface area contributed by atoms with Crippen LogP contribution in [0.5, 0.6) is 0 Å². The highest BCUT2D eigenvalue weighted by Gasteiger charge is 2.42. The normalized spacial score (nSPS) is 17.3. The molecule has 5 heteroatoms. The van der Waals surface area contributed by atoms with Crippen molar-refractivity contribution in [2.45, 2.75) is 51.4 Å². The zero-order chi connectivity index (χ0) is 18.9. The fourth-order valence-electron chi connectivity index (χ4n) is 4.42. The third-order valence-corrected chi connectivity index (χ3v) is 5.98. The molecule has 140 valence electrons.